The van der Waals surface area contributed by atoms with E-state index in [2.05, 4.69) is 27.8 Å². The van der Waals surface area contributed by atoms with Gasteiger partial charge in [0, 0.05) is 23.8 Å². The van der Waals surface area contributed by atoms with Crippen LogP contribution in [0.3, 0.4) is 0 Å². The Kier molecular flexibility index (Phi) is 11.1. The molecular formula is C35H32Cl3N5O5S. The highest BCUT2D eigenvalue weighted by Gasteiger charge is 2.39. The topological polar surface area (TPSA) is 132 Å². The molecule has 49 heavy (non-hydrogen) atoms. The van der Waals surface area contributed by atoms with Crippen molar-refractivity contribution in [3.05, 3.63) is 119 Å². The fraction of sp³-hybridized carbons (Fsp3) is 0.257. The van der Waals surface area contributed by atoms with Gasteiger partial charge in [0.1, 0.15) is 5.75 Å². The van der Waals surface area contributed by atoms with Crippen molar-refractivity contribution in [2.75, 3.05) is 5.75 Å². The Bertz CT molecular complexity index is 1890. The van der Waals surface area contributed by atoms with Crippen LogP contribution in [0.1, 0.15) is 41.6 Å². The summed E-state index contributed by atoms with van der Waals surface area (Å²) in [5, 5.41) is 34.8. The van der Waals surface area contributed by atoms with Crippen LogP contribution in [-0.4, -0.2) is 52.0 Å². The van der Waals surface area contributed by atoms with Crippen molar-refractivity contribution in [3.8, 4) is 22.6 Å². The number of ether oxygens (including phenoxy) is 2. The van der Waals surface area contributed by atoms with Crippen LogP contribution in [0.15, 0.2) is 102 Å². The minimum atomic E-state index is -2.04. The van der Waals surface area contributed by atoms with Crippen LogP contribution in [0.4, 0.5) is 0 Å². The second kappa shape index (κ2) is 15.5. The minimum absolute atomic E-state index is 0.0463. The number of halogens is 3. The fourth-order valence-corrected chi connectivity index (χ4v) is 6.75. The number of tetrazole rings is 1. The van der Waals surface area contributed by atoms with Crippen molar-refractivity contribution < 1.29 is 24.5 Å². The Morgan fingerprint density at radius 1 is 0.918 bits per heavy atom. The first-order chi connectivity index (χ1) is 23.6. The Hall–Kier alpha value is -3.68. The maximum Gasteiger partial charge on any atom is 0.272 e. The number of alkyl halides is 3. The zero-order valence-corrected chi connectivity index (χ0v) is 29.2. The number of rotatable bonds is 10. The molecule has 1 aliphatic heterocycles. The molecule has 14 heteroatoms. The van der Waals surface area contributed by atoms with Crippen LogP contribution in [0, 0.1) is 5.92 Å². The molecule has 4 atom stereocenters. The third-order valence-electron chi connectivity index (χ3n) is 8.16. The second-order valence-corrected chi connectivity index (χ2v) is 14.8. The normalized spacial score (nSPS) is 19.4. The number of carbonyl (C=O) groups is 1. The number of hydrogen-bond donors (Lipinski definition) is 3. The quantitative estimate of drug-likeness (QED) is 0.101. The summed E-state index contributed by atoms with van der Waals surface area (Å²) in [5.74, 6) is -0.0611. The lowest BCUT2D eigenvalue weighted by atomic mass is 9.91. The number of aliphatic hydroxyl groups is 1. The zero-order valence-electron chi connectivity index (χ0n) is 26.1. The van der Waals surface area contributed by atoms with Crippen LogP contribution in [-0.2, 0) is 27.4 Å². The van der Waals surface area contributed by atoms with E-state index in [0.29, 0.717) is 10.9 Å². The summed E-state index contributed by atoms with van der Waals surface area (Å²) >= 11 is 18.6. The van der Waals surface area contributed by atoms with Crippen LogP contribution in [0.5, 0.6) is 5.75 Å². The Morgan fingerprint density at radius 2 is 1.63 bits per heavy atom. The zero-order chi connectivity index (χ0) is 34.5. The molecule has 10 nitrogen and oxygen atoms in total. The van der Waals surface area contributed by atoms with Crippen molar-refractivity contribution in [1.82, 2.24) is 25.5 Å². The Labute approximate surface area is 302 Å². The summed E-state index contributed by atoms with van der Waals surface area (Å²) in [5.41, 5.74) is 6.04. The summed E-state index contributed by atoms with van der Waals surface area (Å²) < 4.78 is 12.9. The molecule has 5 aromatic rings. The van der Waals surface area contributed by atoms with E-state index < -0.39 is 16.0 Å². The van der Waals surface area contributed by atoms with Crippen LogP contribution < -0.4 is 5.32 Å². The molecule has 4 aromatic carbocycles. The number of aliphatic hydroxyl groups excluding tert-OH is 1. The maximum absolute atomic E-state index is 12.1. The number of thioether (sulfide) groups is 1. The van der Waals surface area contributed by atoms with Gasteiger partial charge in [0.25, 0.3) is 9.70 Å². The smallest absolute Gasteiger partial charge is 0.272 e. The molecule has 6 rings (SSSR count). The van der Waals surface area contributed by atoms with Crippen molar-refractivity contribution in [1.29, 1.82) is 0 Å². The summed E-state index contributed by atoms with van der Waals surface area (Å²) in [7, 11) is 0. The third-order valence-corrected chi connectivity index (χ3v) is 9.69. The first-order valence-corrected chi connectivity index (χ1v) is 17.5. The Morgan fingerprint density at radius 3 is 2.35 bits per heavy atom. The van der Waals surface area contributed by atoms with Crippen molar-refractivity contribution in [2.45, 2.75) is 47.5 Å². The van der Waals surface area contributed by atoms with E-state index in [-0.39, 0.29) is 37.0 Å². The first kappa shape index (κ1) is 35.2. The second-order valence-electron chi connectivity index (χ2n) is 11.5. The van der Waals surface area contributed by atoms with Gasteiger partial charge in [0.05, 0.1) is 24.5 Å². The maximum atomic E-state index is 12.1. The highest BCUT2D eigenvalue weighted by atomic mass is 35.6. The Balaban J connectivity index is 1.25. The van der Waals surface area contributed by atoms with Crippen molar-refractivity contribution in [2.24, 2.45) is 5.92 Å². The van der Waals surface area contributed by atoms with E-state index in [4.69, 9.17) is 44.3 Å². The number of amides is 1. The average molecular weight is 741 g/mol. The lowest BCUT2D eigenvalue weighted by molar-refractivity contribution is -0.268. The number of phenols is 1. The summed E-state index contributed by atoms with van der Waals surface area (Å²) in [6.07, 6.45) is -1.26. The number of hydrogen-bond acceptors (Lipinski definition) is 9. The molecule has 0 saturated carbocycles. The molecule has 0 bridgehead atoms. The number of aromatic hydroxyl groups is 1. The van der Waals surface area contributed by atoms with Crippen LogP contribution >= 0.6 is 46.6 Å². The predicted octanol–water partition coefficient (Wildman–Crippen LogP) is 7.10. The molecule has 2 heterocycles. The number of carbonyl (C=O) groups excluding carboxylic acids is 1. The van der Waals surface area contributed by atoms with E-state index in [0.717, 1.165) is 39.1 Å². The molecule has 0 aliphatic carbocycles. The van der Waals surface area contributed by atoms with Gasteiger partial charge in [-0.05, 0) is 74.6 Å². The molecule has 1 aromatic heterocycles. The molecule has 0 radical (unpaired) electrons. The minimum Gasteiger partial charge on any atom is -0.508 e. The molecule has 1 amide bonds. The SMILES string of the molecule is C[C@H]1[C@@H](CSc2nnnn2-c2ccc(O)cc2)O[C@@H](c2cccc(-c3cccc(CNC(=O)C(Cl)(Cl)Cl)c3)c2)O[C@H]1c1ccc(CO)cc1. The number of benzene rings is 4. The van der Waals surface area contributed by atoms with Gasteiger partial charge < -0.3 is 25.0 Å². The number of aromatic nitrogens is 4. The number of nitrogens with one attached hydrogen (secondary N) is 1. The predicted molar refractivity (Wildman–Crippen MR) is 189 cm³/mol. The van der Waals surface area contributed by atoms with Crippen LogP contribution in [0.2, 0.25) is 0 Å². The largest absolute Gasteiger partial charge is 0.508 e. The molecule has 254 valence electrons. The van der Waals surface area contributed by atoms with Crippen LogP contribution in [0.25, 0.3) is 16.8 Å². The fourth-order valence-electron chi connectivity index (χ4n) is 5.50. The molecule has 0 unspecified atom stereocenters. The van der Waals surface area contributed by atoms with Gasteiger partial charge in [-0.15, -0.1) is 5.10 Å². The average Bonchev–Trinajstić information content (AvgIpc) is 3.59. The lowest BCUT2D eigenvalue weighted by Crippen LogP contribution is -2.38. The van der Waals surface area contributed by atoms with E-state index in [1.165, 1.54) is 11.8 Å². The lowest BCUT2D eigenvalue weighted by Gasteiger charge is -2.41. The van der Waals surface area contributed by atoms with Crippen molar-refractivity contribution >= 4 is 52.5 Å². The summed E-state index contributed by atoms with van der Waals surface area (Å²) in [6, 6.07) is 30.1. The van der Waals surface area contributed by atoms with E-state index >= 15 is 0 Å². The van der Waals surface area contributed by atoms with E-state index in [9.17, 15) is 15.0 Å². The first-order valence-electron chi connectivity index (χ1n) is 15.3. The molecular weight excluding hydrogens is 709 g/mol. The van der Waals surface area contributed by atoms with Gasteiger partial charge in [-0.2, -0.15) is 4.68 Å². The van der Waals surface area contributed by atoms with Crippen molar-refractivity contribution in [3.63, 3.8) is 0 Å². The standard InChI is InChI=1S/C35H32Cl3N5O5S/c1-21-30(20-49-34-40-41-42-43(34)28-12-14-29(45)15-13-28)47-32(48-31(21)24-10-8-22(19-44)9-11-24)27-7-3-6-26(17-27)25-5-2-4-23(16-25)18-39-33(46)35(36,37)38/h2-17,21,30-32,44-45H,18-20H2,1H3,(H,39,46)/t21-,30+,31+,32+/m0/s1. The molecule has 0 spiro atoms. The number of nitrogens with zero attached hydrogens (tertiary/aromatic N) is 4. The molecule has 1 fully saturated rings. The highest BCUT2D eigenvalue weighted by molar-refractivity contribution is 7.99. The molecule has 1 aliphatic rings. The van der Waals surface area contributed by atoms with E-state index in [1.54, 1.807) is 28.9 Å². The van der Waals surface area contributed by atoms with Gasteiger partial charge in [-0.25, -0.2) is 0 Å². The summed E-state index contributed by atoms with van der Waals surface area (Å²) in [4.78, 5) is 12.1. The van der Waals surface area contributed by atoms with E-state index in [1.807, 2.05) is 72.8 Å². The molecule has 3 N–H and O–H groups in total. The summed E-state index contributed by atoms with van der Waals surface area (Å²) in [6.45, 7) is 2.24. The highest BCUT2D eigenvalue weighted by Crippen LogP contribution is 2.43. The molecule has 1 saturated heterocycles. The van der Waals surface area contributed by atoms with Gasteiger partial charge >= 0.3 is 0 Å². The third kappa shape index (κ3) is 8.56. The number of phenolic OH excluding ortho intramolecular Hbond substituents is 1. The van der Waals surface area contributed by atoms with Gasteiger partial charge in [0.2, 0.25) is 5.16 Å². The van der Waals surface area contributed by atoms with Gasteiger partial charge in [-0.3, -0.25) is 4.79 Å². The van der Waals surface area contributed by atoms with Gasteiger partial charge in [-0.1, -0.05) is 114 Å². The van der Waals surface area contributed by atoms with Gasteiger partial charge in [0.15, 0.2) is 6.29 Å². The monoisotopic (exact) mass is 739 g/mol.